The average molecular weight is 301 g/mol. The van der Waals surface area contributed by atoms with Crippen LogP contribution in [0, 0.1) is 16.0 Å². The summed E-state index contributed by atoms with van der Waals surface area (Å²) in [6.07, 6.45) is 0.997. The van der Waals surface area contributed by atoms with E-state index in [1.54, 1.807) is 4.90 Å². The molecule has 21 heavy (non-hydrogen) atoms. The lowest BCUT2D eigenvalue weighted by molar-refractivity contribution is -0.486. The number of guanidine groups is 1. The maximum absolute atomic E-state index is 10.7. The Bertz CT molecular complexity index is 371. The lowest BCUT2D eigenvalue weighted by Crippen LogP contribution is -2.60. The molecule has 0 saturated carbocycles. The average Bonchev–Trinajstić information content (AvgIpc) is 2.96. The van der Waals surface area contributed by atoms with Gasteiger partial charge >= 0.3 is 0 Å². The van der Waals surface area contributed by atoms with Crippen LogP contribution in [-0.4, -0.2) is 72.4 Å². The smallest absolute Gasteiger partial charge is 0.276 e. The highest BCUT2D eigenvalue weighted by atomic mass is 16.7. The molecule has 2 unspecified atom stereocenters. The summed E-state index contributed by atoms with van der Waals surface area (Å²) in [6, 6.07) is 0.173. The molecule has 2 fully saturated rings. The second kappa shape index (κ2) is 8.14. The molecule has 8 nitrogen and oxygen atoms in total. The molecule has 2 aliphatic heterocycles. The molecule has 2 saturated heterocycles. The number of hydrazone groups is 1. The first-order valence-corrected chi connectivity index (χ1v) is 7.46. The van der Waals surface area contributed by atoms with Crippen LogP contribution in [0.2, 0.25) is 0 Å². The molecule has 2 atom stereocenters. The number of hydrogen-bond acceptors (Lipinski definition) is 4. The molecule has 0 aromatic heterocycles. The van der Waals surface area contributed by atoms with Crippen molar-refractivity contribution in [2.45, 2.75) is 33.2 Å². The highest BCUT2D eigenvalue weighted by molar-refractivity contribution is 5.80. The van der Waals surface area contributed by atoms with E-state index in [9.17, 15) is 10.1 Å². The van der Waals surface area contributed by atoms with Crippen LogP contribution in [0.25, 0.3) is 0 Å². The molecule has 122 valence electrons. The van der Waals surface area contributed by atoms with Crippen molar-refractivity contribution >= 4 is 5.96 Å². The monoisotopic (exact) mass is 301 g/mol. The van der Waals surface area contributed by atoms with Crippen molar-refractivity contribution in [1.82, 2.24) is 14.7 Å². The minimum atomic E-state index is -0.623. The molecule has 0 spiro atoms. The lowest BCUT2D eigenvalue weighted by Gasteiger charge is -2.44. The molecule has 2 aliphatic rings. The maximum atomic E-state index is 10.7. The van der Waals surface area contributed by atoms with E-state index < -0.39 is 5.03 Å². The van der Waals surface area contributed by atoms with E-state index in [1.165, 1.54) is 0 Å². The van der Waals surface area contributed by atoms with Crippen LogP contribution in [0.3, 0.4) is 0 Å². The number of rotatable bonds is 3. The lowest BCUT2D eigenvalue weighted by atomic mass is 9.99. The fourth-order valence-electron chi connectivity index (χ4n) is 2.72. The summed E-state index contributed by atoms with van der Waals surface area (Å²) < 4.78 is 5.41. The van der Waals surface area contributed by atoms with Gasteiger partial charge in [-0.3, -0.25) is 4.90 Å². The third-order valence-corrected chi connectivity index (χ3v) is 3.76. The van der Waals surface area contributed by atoms with Gasteiger partial charge in [0.25, 0.3) is 5.96 Å². The number of nitro groups is 1. The highest BCUT2D eigenvalue weighted by Gasteiger charge is 2.35. The van der Waals surface area contributed by atoms with Gasteiger partial charge in [-0.05, 0) is 20.4 Å². The van der Waals surface area contributed by atoms with E-state index in [2.05, 4.69) is 16.9 Å². The summed E-state index contributed by atoms with van der Waals surface area (Å²) in [4.78, 5) is 16.6. The third kappa shape index (κ3) is 4.53. The molecule has 0 aromatic rings. The molecule has 0 radical (unpaired) electrons. The van der Waals surface area contributed by atoms with E-state index in [0.717, 1.165) is 19.6 Å². The van der Waals surface area contributed by atoms with E-state index >= 15 is 0 Å². The molecule has 0 aromatic carbocycles. The molecule has 2 heterocycles. The third-order valence-electron chi connectivity index (χ3n) is 3.76. The Labute approximate surface area is 126 Å². The fourth-order valence-corrected chi connectivity index (χ4v) is 2.72. The van der Waals surface area contributed by atoms with E-state index in [1.807, 2.05) is 32.8 Å². The summed E-state index contributed by atoms with van der Waals surface area (Å²) in [7, 11) is 3.81. The molecule has 0 bridgehead atoms. The summed E-state index contributed by atoms with van der Waals surface area (Å²) in [5.74, 6) is 0.833. The zero-order chi connectivity index (χ0) is 16.0. The molecule has 2 rings (SSSR count). The summed E-state index contributed by atoms with van der Waals surface area (Å²) in [6.45, 7) is 8.86. The first-order chi connectivity index (χ1) is 9.99. The summed E-state index contributed by atoms with van der Waals surface area (Å²) >= 11 is 0. The van der Waals surface area contributed by atoms with Gasteiger partial charge in [-0.15, -0.1) is 0 Å². The molecule has 0 aliphatic carbocycles. The van der Waals surface area contributed by atoms with Crippen LogP contribution in [0.1, 0.15) is 27.2 Å². The van der Waals surface area contributed by atoms with Crippen molar-refractivity contribution < 1.29 is 9.77 Å². The van der Waals surface area contributed by atoms with E-state index in [4.69, 9.17) is 4.74 Å². The van der Waals surface area contributed by atoms with Crippen LogP contribution in [0.15, 0.2) is 5.10 Å². The summed E-state index contributed by atoms with van der Waals surface area (Å²) in [5.41, 5.74) is 0. The van der Waals surface area contributed by atoms with Gasteiger partial charge in [0.2, 0.25) is 0 Å². The quantitative estimate of drug-likeness (QED) is 0.573. The second-order valence-corrected chi connectivity index (χ2v) is 5.31. The van der Waals surface area contributed by atoms with Gasteiger partial charge in [0.05, 0.1) is 19.9 Å². The van der Waals surface area contributed by atoms with Gasteiger partial charge in [0.1, 0.15) is 5.10 Å². The van der Waals surface area contributed by atoms with Crippen LogP contribution in [-0.2, 0) is 4.74 Å². The zero-order valence-corrected chi connectivity index (χ0v) is 13.7. The standard InChI is InChI=1S/C11H21N5O3.C2H6/c1-9(10-4-5-19-6-10)15-8-13(2)7-14(3)11(15)12-16(17)18;1-2/h9-10H,4-8H2,1-3H3;1-2H3/b12-11-;. The SMILES string of the molecule is CC.CC(C1CCOC1)N1CN(C)CN(C)/C1=N/[N+](=O)[O-]. The first kappa shape index (κ1) is 17.6. The van der Waals surface area contributed by atoms with E-state index in [-0.39, 0.29) is 6.04 Å². The number of nitrogens with zero attached hydrogens (tertiary/aromatic N) is 5. The Morgan fingerprint density at radius 3 is 2.57 bits per heavy atom. The Hall–Kier alpha value is -1.41. The van der Waals surface area contributed by atoms with Gasteiger partial charge in [0, 0.05) is 25.6 Å². The van der Waals surface area contributed by atoms with Crippen molar-refractivity contribution in [3.8, 4) is 0 Å². The molecule has 0 amide bonds. The second-order valence-electron chi connectivity index (χ2n) is 5.31. The zero-order valence-electron chi connectivity index (χ0n) is 13.7. The Morgan fingerprint density at radius 2 is 2.05 bits per heavy atom. The predicted octanol–water partition coefficient (Wildman–Crippen LogP) is 1.08. The van der Waals surface area contributed by atoms with Crippen LogP contribution >= 0.6 is 0 Å². The number of ether oxygens (including phenoxy) is 1. The van der Waals surface area contributed by atoms with Crippen LogP contribution in [0.4, 0.5) is 0 Å². The Balaban J connectivity index is 0.00000106. The van der Waals surface area contributed by atoms with Crippen molar-refractivity contribution in [2.75, 3.05) is 40.6 Å². The molecule has 0 N–H and O–H groups in total. The van der Waals surface area contributed by atoms with Crippen LogP contribution < -0.4 is 0 Å². The minimum absolute atomic E-state index is 0.173. The highest BCUT2D eigenvalue weighted by Crippen LogP contribution is 2.23. The topological polar surface area (TPSA) is 74.5 Å². The minimum Gasteiger partial charge on any atom is -0.381 e. The van der Waals surface area contributed by atoms with Crippen molar-refractivity contribution in [1.29, 1.82) is 0 Å². The maximum Gasteiger partial charge on any atom is 0.276 e. The van der Waals surface area contributed by atoms with Gasteiger partial charge in [-0.25, -0.2) is 10.1 Å². The Kier molecular flexibility index (Phi) is 6.83. The van der Waals surface area contributed by atoms with Crippen molar-refractivity contribution in [3.63, 3.8) is 0 Å². The van der Waals surface area contributed by atoms with E-state index in [0.29, 0.717) is 25.2 Å². The van der Waals surface area contributed by atoms with Crippen molar-refractivity contribution in [3.05, 3.63) is 10.1 Å². The normalized spacial score (nSPS) is 26.5. The fraction of sp³-hybridized carbons (Fsp3) is 0.923. The predicted molar refractivity (Wildman–Crippen MR) is 81.3 cm³/mol. The largest absolute Gasteiger partial charge is 0.381 e. The summed E-state index contributed by atoms with van der Waals surface area (Å²) in [5, 5.41) is 13.6. The van der Waals surface area contributed by atoms with Gasteiger partial charge in [0.15, 0.2) is 5.03 Å². The molecule has 8 heteroatoms. The van der Waals surface area contributed by atoms with Crippen molar-refractivity contribution in [2.24, 2.45) is 11.0 Å². The first-order valence-electron chi connectivity index (χ1n) is 7.46. The number of hydrogen-bond donors (Lipinski definition) is 0. The van der Waals surface area contributed by atoms with Gasteiger partial charge < -0.3 is 14.5 Å². The van der Waals surface area contributed by atoms with Gasteiger partial charge in [-0.1, -0.05) is 13.8 Å². The molecular formula is C13H27N5O3. The Morgan fingerprint density at radius 1 is 1.38 bits per heavy atom. The van der Waals surface area contributed by atoms with Gasteiger partial charge in [-0.2, -0.15) is 0 Å². The molecular weight excluding hydrogens is 274 g/mol. The van der Waals surface area contributed by atoms with Crippen LogP contribution in [0.5, 0.6) is 0 Å².